The van der Waals surface area contributed by atoms with Gasteiger partial charge < -0.3 is 29.9 Å². The molecule has 0 aliphatic carbocycles. The second-order valence-electron chi connectivity index (χ2n) is 12.7. The highest BCUT2D eigenvalue weighted by molar-refractivity contribution is 9.10. The van der Waals surface area contributed by atoms with Crippen LogP contribution in [0.25, 0.3) is 11.0 Å². The number of β-amino-alcohol motifs (C(OH)–C–C–N with tert-alkyl or cyclic N) is 1. The molecule has 12 nitrogen and oxygen atoms in total. The molecule has 0 unspecified atom stereocenters. The van der Waals surface area contributed by atoms with E-state index in [0.29, 0.717) is 44.3 Å². The van der Waals surface area contributed by atoms with Crippen molar-refractivity contribution in [1.82, 2.24) is 29.7 Å². The number of aliphatic hydroxyl groups excluding tert-OH is 1. The van der Waals surface area contributed by atoms with Gasteiger partial charge in [-0.3, -0.25) is 19.8 Å². The molecule has 2 aromatic carbocycles. The summed E-state index contributed by atoms with van der Waals surface area (Å²) in [5, 5.41) is 16.7. The molecule has 2 aliphatic rings. The minimum absolute atomic E-state index is 0.233. The van der Waals surface area contributed by atoms with E-state index in [1.54, 1.807) is 39.0 Å². The van der Waals surface area contributed by atoms with E-state index in [9.17, 15) is 9.67 Å². The number of fused-ring (bicyclic) bond motifs is 1. The number of nitrogens with zero attached hydrogens (tertiary/aromatic N) is 7. The minimum Gasteiger partial charge on any atom is -0.494 e. The first-order chi connectivity index (χ1) is 23.2. The van der Waals surface area contributed by atoms with Gasteiger partial charge in [0.05, 0.1) is 40.4 Å². The maximum atomic E-state index is 13.4. The quantitative estimate of drug-likeness (QED) is 0.178. The molecule has 0 amide bonds. The van der Waals surface area contributed by atoms with Crippen LogP contribution in [0, 0.1) is 0 Å². The third-order valence-corrected chi connectivity index (χ3v) is 11.4. The maximum Gasteiger partial charge on any atom is 0.229 e. The molecule has 0 spiro atoms. The van der Waals surface area contributed by atoms with Gasteiger partial charge in [0.1, 0.15) is 24.2 Å². The van der Waals surface area contributed by atoms with Crippen LogP contribution >= 0.6 is 23.1 Å². The molecule has 4 aromatic rings. The van der Waals surface area contributed by atoms with E-state index in [2.05, 4.69) is 75.3 Å². The first kappa shape index (κ1) is 34.5. The van der Waals surface area contributed by atoms with Crippen molar-refractivity contribution in [2.45, 2.75) is 32.2 Å². The van der Waals surface area contributed by atoms with E-state index in [-0.39, 0.29) is 6.61 Å². The van der Waals surface area contributed by atoms with Gasteiger partial charge in [-0.2, -0.15) is 4.98 Å². The molecule has 2 aromatic heterocycles. The number of halogens is 1. The summed E-state index contributed by atoms with van der Waals surface area (Å²) >= 11 is 3.58. The highest BCUT2D eigenvalue weighted by atomic mass is 79.9. The van der Waals surface area contributed by atoms with Crippen LogP contribution in [0.2, 0.25) is 0 Å². The van der Waals surface area contributed by atoms with E-state index in [1.807, 2.05) is 12.1 Å². The fraction of sp³-hybridized carbons (Fsp3) is 0.471. The third-order valence-electron chi connectivity index (χ3n) is 9.32. The molecule has 0 bridgehead atoms. The van der Waals surface area contributed by atoms with Gasteiger partial charge in [0, 0.05) is 82.2 Å². The molecule has 256 valence electrons. The van der Waals surface area contributed by atoms with Gasteiger partial charge in [-0.25, -0.2) is 4.98 Å². The van der Waals surface area contributed by atoms with Crippen LogP contribution < -0.4 is 25.6 Å². The monoisotopic (exact) mass is 737 g/mol. The van der Waals surface area contributed by atoms with E-state index >= 15 is 0 Å². The second-order valence-corrected chi connectivity index (χ2v) is 16.7. The highest BCUT2D eigenvalue weighted by Gasteiger charge is 2.29. The Hall–Kier alpha value is -3.35. The Kier molecular flexibility index (Phi) is 10.8. The lowest BCUT2D eigenvalue weighted by molar-refractivity contribution is 0.0747. The van der Waals surface area contributed by atoms with Gasteiger partial charge in [0.25, 0.3) is 0 Å². The molecule has 3 N–H and O–H groups in total. The van der Waals surface area contributed by atoms with Crippen LogP contribution in [0.5, 0.6) is 5.75 Å². The molecule has 6 rings (SSSR count). The third kappa shape index (κ3) is 7.60. The minimum atomic E-state index is -2.74. The van der Waals surface area contributed by atoms with Crippen molar-refractivity contribution in [2.75, 3.05) is 88.4 Å². The predicted octanol–water partition coefficient (Wildman–Crippen LogP) is 5.07. The molecular weight excluding hydrogens is 693 g/mol. The van der Waals surface area contributed by atoms with Crippen LogP contribution in [0.1, 0.15) is 25.3 Å². The molecular formula is C34H45BrN9O3P. The van der Waals surface area contributed by atoms with Gasteiger partial charge in [-0.05, 0) is 72.3 Å². The number of nitrogens with one attached hydrogen (secondary N) is 2. The van der Waals surface area contributed by atoms with Crippen molar-refractivity contribution >= 4 is 68.2 Å². The molecule has 0 saturated carbocycles. The maximum absolute atomic E-state index is 13.4. The fourth-order valence-electron chi connectivity index (χ4n) is 6.85. The summed E-state index contributed by atoms with van der Waals surface area (Å²) in [6, 6.07) is 8.60. The molecule has 4 heterocycles. The number of aromatic nitrogens is 4. The largest absolute Gasteiger partial charge is 0.494 e. The number of ether oxygens (including phenoxy) is 1. The predicted molar refractivity (Wildman–Crippen MR) is 198 cm³/mol. The number of anilines is 5. The number of methoxy groups -OCH3 is 1. The van der Waals surface area contributed by atoms with Crippen LogP contribution in [-0.2, 0) is 11.0 Å². The summed E-state index contributed by atoms with van der Waals surface area (Å²) in [7, 11) is -1.06. The van der Waals surface area contributed by atoms with E-state index in [1.165, 1.54) is 11.3 Å². The number of piperidine rings is 1. The van der Waals surface area contributed by atoms with Crippen molar-refractivity contribution in [3.05, 3.63) is 52.9 Å². The number of hydrogen-bond donors (Lipinski definition) is 3. The first-order valence-electron chi connectivity index (χ1n) is 16.6. The highest BCUT2D eigenvalue weighted by Crippen LogP contribution is 2.42. The zero-order chi connectivity index (χ0) is 33.8. The molecule has 14 heteroatoms. The zero-order valence-corrected chi connectivity index (χ0v) is 30.6. The lowest BCUT2D eigenvalue weighted by Gasteiger charge is -2.43. The van der Waals surface area contributed by atoms with Crippen molar-refractivity contribution in [3.8, 4) is 5.75 Å². The molecule has 0 atom stereocenters. The van der Waals surface area contributed by atoms with Gasteiger partial charge in [0.2, 0.25) is 5.95 Å². The van der Waals surface area contributed by atoms with Gasteiger partial charge >= 0.3 is 0 Å². The summed E-state index contributed by atoms with van der Waals surface area (Å²) < 4.78 is 20.0. The van der Waals surface area contributed by atoms with Crippen LogP contribution in [0.15, 0.2) is 47.3 Å². The van der Waals surface area contributed by atoms with Gasteiger partial charge in [0.15, 0.2) is 0 Å². The average molecular weight is 739 g/mol. The number of hydrogen-bond acceptors (Lipinski definition) is 12. The van der Waals surface area contributed by atoms with Crippen LogP contribution in [0.3, 0.4) is 0 Å². The molecule has 2 fully saturated rings. The van der Waals surface area contributed by atoms with Gasteiger partial charge in [-0.15, -0.1) is 0 Å². The van der Waals surface area contributed by atoms with Crippen LogP contribution in [0.4, 0.5) is 28.8 Å². The number of rotatable bonds is 11. The van der Waals surface area contributed by atoms with E-state index in [4.69, 9.17) is 9.72 Å². The lowest BCUT2D eigenvalue weighted by atomic mass is 9.99. The number of piperazine rings is 1. The Labute approximate surface area is 290 Å². The van der Waals surface area contributed by atoms with E-state index in [0.717, 1.165) is 76.5 Å². The SMILES string of the molecule is CCc1cc(Nc2ncc(Br)c(Nc3ccc4nccnc4c3P(C)(C)=O)n2)c(OC)cc1N1CCC(N2CCN(CCO)CC2)CC1. The number of benzene rings is 2. The smallest absolute Gasteiger partial charge is 0.229 e. The molecule has 48 heavy (non-hydrogen) atoms. The fourth-order valence-corrected chi connectivity index (χ4v) is 8.54. The van der Waals surface area contributed by atoms with Crippen molar-refractivity contribution in [3.63, 3.8) is 0 Å². The van der Waals surface area contributed by atoms with Crippen molar-refractivity contribution in [2.24, 2.45) is 0 Å². The first-order valence-corrected chi connectivity index (χ1v) is 20.0. The summed E-state index contributed by atoms with van der Waals surface area (Å²) in [4.78, 5) is 25.7. The lowest BCUT2D eigenvalue weighted by Crippen LogP contribution is -2.53. The van der Waals surface area contributed by atoms with Crippen LogP contribution in [-0.4, -0.2) is 114 Å². The summed E-state index contributed by atoms with van der Waals surface area (Å²) in [5.41, 5.74) is 5.18. The Balaban J connectivity index is 1.19. The summed E-state index contributed by atoms with van der Waals surface area (Å²) in [6.45, 7) is 12.9. The Morgan fingerprint density at radius 1 is 1.00 bits per heavy atom. The Bertz CT molecular complexity index is 1790. The van der Waals surface area contributed by atoms with E-state index < -0.39 is 7.14 Å². The molecule has 2 saturated heterocycles. The topological polar surface area (TPSA) is 132 Å². The molecule has 2 aliphatic heterocycles. The Morgan fingerprint density at radius 2 is 1.75 bits per heavy atom. The molecule has 0 radical (unpaired) electrons. The second kappa shape index (κ2) is 15.0. The van der Waals surface area contributed by atoms with Crippen molar-refractivity contribution in [1.29, 1.82) is 0 Å². The average Bonchev–Trinajstić information content (AvgIpc) is 3.09. The zero-order valence-electron chi connectivity index (χ0n) is 28.1. The Morgan fingerprint density at radius 3 is 2.44 bits per heavy atom. The number of aliphatic hydroxyl groups is 1. The van der Waals surface area contributed by atoms with Crippen molar-refractivity contribution < 1.29 is 14.4 Å². The van der Waals surface area contributed by atoms with Gasteiger partial charge in [-0.1, -0.05) is 6.92 Å². The summed E-state index contributed by atoms with van der Waals surface area (Å²) in [6.07, 6.45) is 8.07. The summed E-state index contributed by atoms with van der Waals surface area (Å²) in [5.74, 6) is 1.64. The normalized spacial score (nSPS) is 16.8. The number of aryl methyl sites for hydroxylation is 1. The standard InChI is InChI=1S/C34H45BrN9O3P/c1-5-23-20-28(30(47-2)21-29(23)44-12-8-24(9-13-44)43-16-14-42(15-17-43)18-19-45)40-34-38-22-25(35)33(41-34)39-27-7-6-26-31(37-11-10-36-26)32(27)48(3,4)46/h6-7,10-11,20-22,24,45H,5,8-9,12-19H2,1-4H3,(H2,38,39,40,41).